The van der Waals surface area contributed by atoms with Crippen molar-refractivity contribution in [1.29, 1.82) is 0 Å². The number of nitrogen functional groups attached to an aromatic ring is 1. The molecular weight excluding hydrogens is 510 g/mol. The van der Waals surface area contributed by atoms with Gasteiger partial charge >= 0.3 is 6.18 Å². The molecule has 12 heteroatoms. The third-order valence-electron chi connectivity index (χ3n) is 6.26. The topological polar surface area (TPSA) is 111 Å². The van der Waals surface area contributed by atoms with Crippen LogP contribution in [0.1, 0.15) is 24.0 Å². The first-order valence-electron chi connectivity index (χ1n) is 11.2. The number of nitrogens with one attached hydrogen (secondary N) is 1. The molecule has 0 unspecified atom stereocenters. The minimum Gasteiger partial charge on any atom is -0.368 e. The minimum atomic E-state index is -4.51. The number of sulfone groups is 1. The van der Waals surface area contributed by atoms with E-state index in [4.69, 9.17) is 5.73 Å². The van der Waals surface area contributed by atoms with Crippen LogP contribution in [0, 0.1) is 5.82 Å². The molecule has 0 saturated heterocycles. The van der Waals surface area contributed by atoms with Crippen LogP contribution < -0.4 is 11.1 Å². The standard InChI is InChI=1S/C25H21F4N5O2S/c1-37(35,36)18-4-2-3-14(12-18)11-16-13-19(15-5-7-17(26)8-6-15)31-21-20(16)32-23(30)33-22(21)34-24(9-10-24)25(27,28)29/h2-8,12-13H,9-11H2,1H3,(H3,30,32,33,34). The third kappa shape index (κ3) is 4.93. The van der Waals surface area contributed by atoms with Gasteiger partial charge in [-0.3, -0.25) is 0 Å². The van der Waals surface area contributed by atoms with E-state index in [1.54, 1.807) is 18.2 Å². The van der Waals surface area contributed by atoms with Crippen molar-refractivity contribution in [3.63, 3.8) is 0 Å². The van der Waals surface area contributed by atoms with E-state index in [0.29, 0.717) is 22.4 Å². The molecule has 4 aromatic rings. The molecule has 2 aromatic heterocycles. The molecule has 0 aliphatic heterocycles. The minimum absolute atomic E-state index is 0.0702. The Labute approximate surface area is 209 Å². The zero-order valence-electron chi connectivity index (χ0n) is 19.5. The highest BCUT2D eigenvalue weighted by Gasteiger charge is 2.64. The van der Waals surface area contributed by atoms with Crippen molar-refractivity contribution >= 4 is 32.6 Å². The van der Waals surface area contributed by atoms with Gasteiger partial charge in [-0.05, 0) is 72.9 Å². The van der Waals surface area contributed by atoms with Crippen molar-refractivity contribution in [3.8, 4) is 11.3 Å². The smallest absolute Gasteiger partial charge is 0.368 e. The summed E-state index contributed by atoms with van der Waals surface area (Å²) in [6.45, 7) is 0. The number of hydrogen-bond donors (Lipinski definition) is 2. The van der Waals surface area contributed by atoms with Crippen molar-refractivity contribution in [2.75, 3.05) is 17.3 Å². The molecule has 1 saturated carbocycles. The first kappa shape index (κ1) is 24.9. The second kappa shape index (κ2) is 8.65. The predicted octanol–water partition coefficient (Wildman–Crippen LogP) is 4.91. The number of anilines is 2. The van der Waals surface area contributed by atoms with Gasteiger partial charge < -0.3 is 11.1 Å². The highest BCUT2D eigenvalue weighted by atomic mass is 32.2. The van der Waals surface area contributed by atoms with Crippen molar-refractivity contribution in [2.45, 2.75) is 35.9 Å². The average molecular weight is 532 g/mol. The highest BCUT2D eigenvalue weighted by Crippen LogP contribution is 2.51. The molecule has 2 heterocycles. The third-order valence-corrected chi connectivity index (χ3v) is 7.37. The summed E-state index contributed by atoms with van der Waals surface area (Å²) in [6.07, 6.45) is -3.48. The Morgan fingerprint density at radius 1 is 1.00 bits per heavy atom. The normalized spacial score (nSPS) is 15.1. The number of fused-ring (bicyclic) bond motifs is 1. The Balaban J connectivity index is 1.70. The fraction of sp³-hybridized carbons (Fsp3) is 0.240. The second-order valence-electron chi connectivity index (χ2n) is 9.10. The summed E-state index contributed by atoms with van der Waals surface area (Å²) in [5, 5.41) is 2.50. The number of nitrogens with zero attached hydrogens (tertiary/aromatic N) is 3. The number of benzene rings is 2. The SMILES string of the molecule is CS(=O)(=O)c1cccc(Cc2cc(-c3ccc(F)cc3)nc3c(NC4(C(F)(F)F)CC4)nc(N)nc23)c1. The van der Waals surface area contributed by atoms with Crippen LogP contribution >= 0.6 is 0 Å². The summed E-state index contributed by atoms with van der Waals surface area (Å²) in [7, 11) is -3.47. The Bertz CT molecular complexity index is 1620. The van der Waals surface area contributed by atoms with Crippen molar-refractivity contribution in [1.82, 2.24) is 15.0 Å². The first-order chi connectivity index (χ1) is 17.3. The molecule has 37 heavy (non-hydrogen) atoms. The number of nitrogens with two attached hydrogens (primary N) is 1. The Hall–Kier alpha value is -3.80. The molecule has 0 bridgehead atoms. The summed E-state index contributed by atoms with van der Waals surface area (Å²) in [5.41, 5.74) is 6.10. The van der Waals surface area contributed by atoms with Crippen LogP contribution in [-0.2, 0) is 16.3 Å². The van der Waals surface area contributed by atoms with E-state index < -0.39 is 27.4 Å². The summed E-state index contributed by atoms with van der Waals surface area (Å²) in [5.74, 6) is -0.857. The van der Waals surface area contributed by atoms with E-state index in [1.165, 1.54) is 36.4 Å². The van der Waals surface area contributed by atoms with E-state index in [0.717, 1.165) is 6.26 Å². The number of halogens is 4. The quantitative estimate of drug-likeness (QED) is 0.340. The van der Waals surface area contributed by atoms with E-state index >= 15 is 0 Å². The van der Waals surface area contributed by atoms with Gasteiger partial charge in [0.2, 0.25) is 5.95 Å². The van der Waals surface area contributed by atoms with Gasteiger partial charge in [0.25, 0.3) is 0 Å². The summed E-state index contributed by atoms with van der Waals surface area (Å²) < 4.78 is 78.8. The average Bonchev–Trinajstić information content (AvgIpc) is 3.60. The molecule has 1 aliphatic rings. The van der Waals surface area contributed by atoms with Crippen LogP contribution in [0.3, 0.4) is 0 Å². The van der Waals surface area contributed by atoms with Crippen molar-refractivity contribution in [3.05, 3.63) is 71.5 Å². The summed E-state index contributed by atoms with van der Waals surface area (Å²) in [6, 6.07) is 13.5. The predicted molar refractivity (Wildman–Crippen MR) is 131 cm³/mol. The lowest BCUT2D eigenvalue weighted by Crippen LogP contribution is -2.39. The number of rotatable bonds is 6. The van der Waals surface area contributed by atoms with E-state index in [-0.39, 0.29) is 47.0 Å². The number of hydrogen-bond acceptors (Lipinski definition) is 7. The fourth-order valence-corrected chi connectivity index (χ4v) is 4.81. The van der Waals surface area contributed by atoms with Gasteiger partial charge in [0, 0.05) is 11.8 Å². The number of aromatic nitrogens is 3. The van der Waals surface area contributed by atoms with E-state index in [1.807, 2.05) is 0 Å². The fourth-order valence-electron chi connectivity index (χ4n) is 4.12. The van der Waals surface area contributed by atoms with Gasteiger partial charge in [0.15, 0.2) is 15.7 Å². The molecule has 1 aliphatic carbocycles. The maximum atomic E-state index is 13.7. The van der Waals surface area contributed by atoms with Gasteiger partial charge in [-0.1, -0.05) is 12.1 Å². The molecule has 0 amide bonds. The molecule has 2 aromatic carbocycles. The molecule has 3 N–H and O–H groups in total. The van der Waals surface area contributed by atoms with Gasteiger partial charge in [-0.2, -0.15) is 18.2 Å². The van der Waals surface area contributed by atoms with Crippen molar-refractivity contribution in [2.24, 2.45) is 0 Å². The zero-order chi connectivity index (χ0) is 26.6. The lowest BCUT2D eigenvalue weighted by molar-refractivity contribution is -0.151. The molecule has 5 rings (SSSR count). The first-order valence-corrected chi connectivity index (χ1v) is 13.1. The number of alkyl halides is 3. The van der Waals surface area contributed by atoms with Crippen LogP contribution in [0.15, 0.2) is 59.5 Å². The molecule has 0 radical (unpaired) electrons. The van der Waals surface area contributed by atoms with Crippen molar-refractivity contribution < 1.29 is 26.0 Å². The van der Waals surface area contributed by atoms with Crippen LogP contribution in [0.5, 0.6) is 0 Å². The Morgan fingerprint density at radius 3 is 2.32 bits per heavy atom. The van der Waals surface area contributed by atoms with E-state index in [2.05, 4.69) is 20.3 Å². The molecule has 7 nitrogen and oxygen atoms in total. The van der Waals surface area contributed by atoms with Crippen LogP contribution in [0.2, 0.25) is 0 Å². The van der Waals surface area contributed by atoms with Crippen LogP contribution in [0.4, 0.5) is 29.3 Å². The molecule has 1 fully saturated rings. The summed E-state index contributed by atoms with van der Waals surface area (Å²) >= 11 is 0. The maximum Gasteiger partial charge on any atom is 0.411 e. The van der Waals surface area contributed by atoms with Gasteiger partial charge in [0.05, 0.1) is 10.6 Å². The Morgan fingerprint density at radius 2 is 1.70 bits per heavy atom. The second-order valence-corrected chi connectivity index (χ2v) is 11.1. The van der Waals surface area contributed by atoms with Gasteiger partial charge in [-0.15, -0.1) is 0 Å². The van der Waals surface area contributed by atoms with E-state index in [9.17, 15) is 26.0 Å². The monoisotopic (exact) mass is 531 g/mol. The van der Waals surface area contributed by atoms with Crippen LogP contribution in [-0.4, -0.2) is 41.3 Å². The van der Waals surface area contributed by atoms with Gasteiger partial charge in [-0.25, -0.2) is 22.8 Å². The molecule has 0 atom stereocenters. The largest absolute Gasteiger partial charge is 0.411 e. The maximum absolute atomic E-state index is 13.7. The molecule has 192 valence electrons. The highest BCUT2D eigenvalue weighted by molar-refractivity contribution is 7.90. The zero-order valence-corrected chi connectivity index (χ0v) is 20.3. The summed E-state index contributed by atoms with van der Waals surface area (Å²) in [4.78, 5) is 13.0. The van der Waals surface area contributed by atoms with Gasteiger partial charge in [0.1, 0.15) is 22.4 Å². The lowest BCUT2D eigenvalue weighted by Gasteiger charge is -2.22. The van der Waals surface area contributed by atoms with Crippen LogP contribution in [0.25, 0.3) is 22.3 Å². The molecule has 0 spiro atoms. The number of pyridine rings is 1. The Kier molecular flexibility index (Phi) is 5.81. The molecular formula is C25H21F4N5O2S. The lowest BCUT2D eigenvalue weighted by atomic mass is 10.0.